The second-order valence-electron chi connectivity index (χ2n) is 7.53. The molecule has 0 bridgehead atoms. The summed E-state index contributed by atoms with van der Waals surface area (Å²) in [4.78, 5) is 13.4. The highest BCUT2D eigenvalue weighted by Gasteiger charge is 2.08. The van der Waals surface area contributed by atoms with E-state index in [0.717, 1.165) is 33.5 Å². The van der Waals surface area contributed by atoms with Crippen molar-refractivity contribution in [3.05, 3.63) is 96.4 Å². The molecule has 3 aromatic carbocycles. The van der Waals surface area contributed by atoms with Crippen LogP contribution in [0.3, 0.4) is 0 Å². The summed E-state index contributed by atoms with van der Waals surface area (Å²) in [6, 6.07) is 25.4. The minimum Gasteiger partial charge on any atom is -0.497 e. The molecule has 2 heterocycles. The third kappa shape index (κ3) is 5.53. The zero-order chi connectivity index (χ0) is 23.9. The fraction of sp³-hybridized carbons (Fsp3) is 0.0769. The number of hydrogen-bond acceptors (Lipinski definition) is 9. The molecule has 0 atom stereocenters. The lowest BCUT2D eigenvalue weighted by Gasteiger charge is -2.10. The van der Waals surface area contributed by atoms with Crippen molar-refractivity contribution in [2.24, 2.45) is 5.10 Å². The van der Waals surface area contributed by atoms with Crippen LogP contribution in [0.15, 0.2) is 94.6 Å². The first kappa shape index (κ1) is 21.9. The predicted molar refractivity (Wildman–Crippen MR) is 137 cm³/mol. The molecule has 0 radical (unpaired) electrons. The van der Waals surface area contributed by atoms with Crippen LogP contribution >= 0.6 is 0 Å². The van der Waals surface area contributed by atoms with Gasteiger partial charge in [-0.3, -0.25) is 0 Å². The minimum absolute atomic E-state index is 0.287. The molecule has 2 aromatic heterocycles. The van der Waals surface area contributed by atoms with Gasteiger partial charge in [0.1, 0.15) is 11.5 Å². The topological polar surface area (TPSA) is 109 Å². The molecule has 5 aromatic rings. The Hall–Kier alpha value is -4.92. The monoisotopic (exact) mass is 465 g/mol. The molecule has 5 rings (SSSR count). The van der Waals surface area contributed by atoms with Gasteiger partial charge in [0.05, 0.1) is 26.1 Å². The number of anilines is 4. The number of ether oxygens (including phenoxy) is 1. The number of furan rings is 1. The SMILES string of the molecule is COc1ccc(Nc2nc(NCc3ccco3)nc(N/N=C\c3cccc4ccccc34)n2)cc1. The molecule has 174 valence electrons. The molecule has 9 heteroatoms. The first-order valence-corrected chi connectivity index (χ1v) is 11.0. The van der Waals surface area contributed by atoms with Gasteiger partial charge in [-0.05, 0) is 47.2 Å². The Morgan fingerprint density at radius 3 is 2.49 bits per heavy atom. The predicted octanol–water partition coefficient (Wildman–Crippen LogP) is 5.43. The molecular weight excluding hydrogens is 442 g/mol. The zero-order valence-corrected chi connectivity index (χ0v) is 19.0. The number of benzene rings is 3. The average Bonchev–Trinajstić information content (AvgIpc) is 3.42. The van der Waals surface area contributed by atoms with Crippen LogP contribution in [0.1, 0.15) is 11.3 Å². The lowest BCUT2D eigenvalue weighted by atomic mass is 10.1. The van der Waals surface area contributed by atoms with Gasteiger partial charge in [0, 0.05) is 11.3 Å². The molecule has 0 unspecified atom stereocenters. The minimum atomic E-state index is 0.287. The van der Waals surface area contributed by atoms with Crippen molar-refractivity contribution in [3.63, 3.8) is 0 Å². The van der Waals surface area contributed by atoms with E-state index in [1.807, 2.05) is 60.7 Å². The van der Waals surface area contributed by atoms with Gasteiger partial charge in [-0.2, -0.15) is 20.1 Å². The van der Waals surface area contributed by atoms with Crippen molar-refractivity contribution >= 4 is 40.5 Å². The van der Waals surface area contributed by atoms with Crippen LogP contribution in [-0.2, 0) is 6.54 Å². The van der Waals surface area contributed by atoms with Crippen LogP contribution in [0.4, 0.5) is 23.5 Å². The Bertz CT molecular complexity index is 1430. The first-order chi connectivity index (χ1) is 17.3. The smallest absolute Gasteiger partial charge is 0.250 e. The summed E-state index contributed by atoms with van der Waals surface area (Å²) in [6.45, 7) is 0.428. The molecule has 35 heavy (non-hydrogen) atoms. The van der Waals surface area contributed by atoms with Crippen molar-refractivity contribution in [3.8, 4) is 5.75 Å². The second-order valence-corrected chi connectivity index (χ2v) is 7.53. The number of rotatable bonds is 9. The van der Waals surface area contributed by atoms with E-state index in [2.05, 4.69) is 54.3 Å². The maximum Gasteiger partial charge on any atom is 0.250 e. The van der Waals surface area contributed by atoms with Crippen LogP contribution in [0.2, 0.25) is 0 Å². The van der Waals surface area contributed by atoms with Crippen LogP contribution in [0, 0.1) is 0 Å². The number of hydrazone groups is 1. The highest BCUT2D eigenvalue weighted by molar-refractivity contribution is 5.99. The lowest BCUT2D eigenvalue weighted by molar-refractivity contribution is 0.415. The Morgan fingerprint density at radius 2 is 1.66 bits per heavy atom. The van der Waals surface area contributed by atoms with Crippen molar-refractivity contribution < 1.29 is 9.15 Å². The fourth-order valence-electron chi connectivity index (χ4n) is 3.47. The Balaban J connectivity index is 1.37. The van der Waals surface area contributed by atoms with E-state index in [4.69, 9.17) is 9.15 Å². The van der Waals surface area contributed by atoms with Gasteiger partial charge in [0.2, 0.25) is 17.8 Å². The normalized spacial score (nSPS) is 11.0. The van der Waals surface area contributed by atoms with Gasteiger partial charge in [0.15, 0.2) is 0 Å². The highest BCUT2D eigenvalue weighted by Crippen LogP contribution is 2.20. The highest BCUT2D eigenvalue weighted by atomic mass is 16.5. The molecule has 0 saturated carbocycles. The van der Waals surface area contributed by atoms with Crippen LogP contribution in [0.25, 0.3) is 10.8 Å². The Labute approximate surface area is 201 Å². The summed E-state index contributed by atoms with van der Waals surface area (Å²) in [7, 11) is 1.63. The Kier molecular flexibility index (Phi) is 6.47. The van der Waals surface area contributed by atoms with Crippen molar-refractivity contribution in [1.82, 2.24) is 15.0 Å². The molecule has 0 amide bonds. The standard InChI is InChI=1S/C26H23N7O2/c1-34-21-13-11-20(12-14-21)29-25-30-24(27-17-22-9-5-15-35-22)31-26(32-25)33-28-16-19-8-4-7-18-6-2-3-10-23(18)19/h2-16H,17H2,1H3,(H3,27,29,30,31,32,33)/b28-16-. The van der Waals surface area contributed by atoms with Gasteiger partial charge in [-0.1, -0.05) is 42.5 Å². The molecule has 0 fully saturated rings. The van der Waals surface area contributed by atoms with E-state index >= 15 is 0 Å². The number of methoxy groups -OCH3 is 1. The van der Waals surface area contributed by atoms with Gasteiger partial charge in [-0.25, -0.2) is 5.43 Å². The second kappa shape index (κ2) is 10.3. The number of hydrogen-bond donors (Lipinski definition) is 3. The average molecular weight is 466 g/mol. The van der Waals surface area contributed by atoms with E-state index < -0.39 is 0 Å². The van der Waals surface area contributed by atoms with E-state index in [1.54, 1.807) is 19.6 Å². The Morgan fingerprint density at radius 1 is 0.857 bits per heavy atom. The molecule has 9 nitrogen and oxygen atoms in total. The molecule has 0 saturated heterocycles. The molecule has 3 N–H and O–H groups in total. The fourth-order valence-corrected chi connectivity index (χ4v) is 3.47. The maximum absolute atomic E-state index is 5.38. The van der Waals surface area contributed by atoms with E-state index in [0.29, 0.717) is 18.4 Å². The largest absolute Gasteiger partial charge is 0.497 e. The summed E-state index contributed by atoms with van der Waals surface area (Å²) in [5, 5.41) is 13.0. The quantitative estimate of drug-likeness (QED) is 0.195. The third-order valence-corrected chi connectivity index (χ3v) is 5.17. The zero-order valence-electron chi connectivity index (χ0n) is 19.0. The summed E-state index contributed by atoms with van der Waals surface area (Å²) in [5.74, 6) is 2.54. The summed E-state index contributed by atoms with van der Waals surface area (Å²) >= 11 is 0. The van der Waals surface area contributed by atoms with Crippen LogP contribution in [-0.4, -0.2) is 28.3 Å². The summed E-state index contributed by atoms with van der Waals surface area (Å²) < 4.78 is 10.6. The number of nitrogens with zero attached hydrogens (tertiary/aromatic N) is 4. The van der Waals surface area contributed by atoms with Gasteiger partial charge < -0.3 is 19.8 Å². The van der Waals surface area contributed by atoms with Crippen LogP contribution in [0.5, 0.6) is 5.75 Å². The van der Waals surface area contributed by atoms with Gasteiger partial charge >= 0.3 is 0 Å². The molecular formula is C26H23N7O2. The molecule has 0 aliphatic heterocycles. The molecule has 0 aliphatic carbocycles. The molecule has 0 spiro atoms. The van der Waals surface area contributed by atoms with Crippen molar-refractivity contribution in [2.45, 2.75) is 6.54 Å². The van der Waals surface area contributed by atoms with E-state index in [1.165, 1.54) is 0 Å². The number of aromatic nitrogens is 3. The summed E-state index contributed by atoms with van der Waals surface area (Å²) in [6.07, 6.45) is 3.37. The first-order valence-electron chi connectivity index (χ1n) is 11.0. The number of nitrogens with one attached hydrogen (secondary N) is 3. The lowest BCUT2D eigenvalue weighted by Crippen LogP contribution is -2.09. The van der Waals surface area contributed by atoms with Crippen LogP contribution < -0.4 is 20.8 Å². The maximum atomic E-state index is 5.38. The van der Waals surface area contributed by atoms with Crippen molar-refractivity contribution in [1.29, 1.82) is 0 Å². The third-order valence-electron chi connectivity index (χ3n) is 5.17. The van der Waals surface area contributed by atoms with E-state index in [9.17, 15) is 0 Å². The molecule has 0 aliphatic rings. The van der Waals surface area contributed by atoms with Gasteiger partial charge in [0.25, 0.3) is 0 Å². The summed E-state index contributed by atoms with van der Waals surface area (Å²) in [5.41, 5.74) is 4.71. The number of fused-ring (bicyclic) bond motifs is 1. The van der Waals surface area contributed by atoms with E-state index in [-0.39, 0.29) is 5.95 Å². The van der Waals surface area contributed by atoms with Crippen molar-refractivity contribution in [2.75, 3.05) is 23.2 Å². The van der Waals surface area contributed by atoms with Gasteiger partial charge in [-0.15, -0.1) is 0 Å².